The van der Waals surface area contributed by atoms with Crippen molar-refractivity contribution in [2.45, 2.75) is 32.2 Å². The minimum atomic E-state index is -0.0287. The molecule has 0 saturated heterocycles. The Labute approximate surface area is 146 Å². The van der Waals surface area contributed by atoms with E-state index in [0.29, 0.717) is 18.8 Å². The number of furan rings is 1. The van der Waals surface area contributed by atoms with Crippen molar-refractivity contribution in [3.63, 3.8) is 0 Å². The Morgan fingerprint density at radius 3 is 2.88 bits per heavy atom. The van der Waals surface area contributed by atoms with Gasteiger partial charge >= 0.3 is 0 Å². The Morgan fingerprint density at radius 2 is 2.12 bits per heavy atom. The Hall–Kier alpha value is -2.82. The molecular formula is C20H20N2O3. The summed E-state index contributed by atoms with van der Waals surface area (Å²) >= 11 is 0. The van der Waals surface area contributed by atoms with E-state index in [2.05, 4.69) is 22.4 Å². The van der Waals surface area contributed by atoms with E-state index in [4.69, 9.17) is 9.15 Å². The second kappa shape index (κ2) is 6.59. The normalized spacial score (nSPS) is 13.0. The molecular weight excluding hydrogens is 316 g/mol. The number of hydrogen-bond acceptors (Lipinski definition) is 4. The van der Waals surface area contributed by atoms with Gasteiger partial charge in [0.05, 0.1) is 19.8 Å². The van der Waals surface area contributed by atoms with Crippen LogP contribution in [-0.4, -0.2) is 18.0 Å². The lowest BCUT2D eigenvalue weighted by molar-refractivity contribution is -0.120. The highest BCUT2D eigenvalue weighted by Crippen LogP contribution is 2.30. The Bertz CT molecular complexity index is 913. The third-order valence-electron chi connectivity index (χ3n) is 4.72. The topological polar surface area (TPSA) is 64.4 Å². The highest BCUT2D eigenvalue weighted by atomic mass is 16.5. The monoisotopic (exact) mass is 336 g/mol. The lowest BCUT2D eigenvalue weighted by atomic mass is 10.0. The molecule has 1 aliphatic carbocycles. The van der Waals surface area contributed by atoms with Gasteiger partial charge < -0.3 is 14.5 Å². The van der Waals surface area contributed by atoms with Crippen LogP contribution in [0.5, 0.6) is 5.88 Å². The van der Waals surface area contributed by atoms with Crippen molar-refractivity contribution in [2.24, 2.45) is 0 Å². The van der Waals surface area contributed by atoms with Gasteiger partial charge in [-0.2, -0.15) is 0 Å². The summed E-state index contributed by atoms with van der Waals surface area (Å²) in [7, 11) is 1.58. The summed E-state index contributed by atoms with van der Waals surface area (Å²) in [4.78, 5) is 16.4. The molecule has 25 heavy (non-hydrogen) atoms. The number of carbonyl (C=O) groups is 1. The lowest BCUT2D eigenvalue weighted by Crippen LogP contribution is -2.24. The van der Waals surface area contributed by atoms with Crippen LogP contribution in [0.4, 0.5) is 0 Å². The van der Waals surface area contributed by atoms with Gasteiger partial charge in [0.25, 0.3) is 0 Å². The zero-order valence-corrected chi connectivity index (χ0v) is 14.2. The van der Waals surface area contributed by atoms with Gasteiger partial charge in [-0.05, 0) is 48.1 Å². The number of fused-ring (bicyclic) bond motifs is 2. The smallest absolute Gasteiger partial charge is 0.224 e. The van der Waals surface area contributed by atoms with Crippen molar-refractivity contribution in [2.75, 3.05) is 7.11 Å². The number of hydrogen-bond donors (Lipinski definition) is 1. The summed E-state index contributed by atoms with van der Waals surface area (Å²) in [5.74, 6) is 0.534. The molecule has 1 aromatic carbocycles. The summed E-state index contributed by atoms with van der Waals surface area (Å²) in [6.45, 7) is 0.445. The molecule has 4 rings (SSSR count). The standard InChI is InChI=1S/C20H20N2O3/c1-24-20-6-5-13(11-22-20)10-21-19(23)9-16-12-25-18-8-15-4-2-3-14(15)7-17(16)18/h5-8,11-12H,2-4,9-10H2,1H3,(H,21,23). The fourth-order valence-electron chi connectivity index (χ4n) is 3.36. The molecule has 0 bridgehead atoms. The summed E-state index contributed by atoms with van der Waals surface area (Å²) in [6.07, 6.45) is 7.16. The fourth-order valence-corrected chi connectivity index (χ4v) is 3.36. The third-order valence-corrected chi connectivity index (χ3v) is 4.72. The van der Waals surface area contributed by atoms with Gasteiger partial charge in [-0.1, -0.05) is 6.07 Å². The van der Waals surface area contributed by atoms with Crippen LogP contribution in [0.15, 0.2) is 41.1 Å². The summed E-state index contributed by atoms with van der Waals surface area (Å²) in [5, 5.41) is 3.99. The number of benzene rings is 1. The van der Waals surface area contributed by atoms with Crippen molar-refractivity contribution in [1.82, 2.24) is 10.3 Å². The predicted molar refractivity (Wildman–Crippen MR) is 94.6 cm³/mol. The molecule has 128 valence electrons. The van der Waals surface area contributed by atoms with Gasteiger partial charge in [-0.3, -0.25) is 4.79 Å². The maximum absolute atomic E-state index is 12.3. The third kappa shape index (κ3) is 3.22. The zero-order valence-electron chi connectivity index (χ0n) is 14.2. The van der Waals surface area contributed by atoms with E-state index in [-0.39, 0.29) is 5.91 Å². The number of nitrogens with zero attached hydrogens (tertiary/aromatic N) is 1. The minimum Gasteiger partial charge on any atom is -0.481 e. The van der Waals surface area contributed by atoms with Crippen molar-refractivity contribution >= 4 is 16.9 Å². The van der Waals surface area contributed by atoms with Crippen LogP contribution in [0, 0.1) is 0 Å². The highest BCUT2D eigenvalue weighted by molar-refractivity contribution is 5.88. The van der Waals surface area contributed by atoms with Crippen LogP contribution in [-0.2, 0) is 30.6 Å². The molecule has 0 radical (unpaired) electrons. The summed E-state index contributed by atoms with van der Waals surface area (Å²) in [5.41, 5.74) is 5.52. The molecule has 1 amide bonds. The molecule has 5 nitrogen and oxygen atoms in total. The number of pyridine rings is 1. The summed E-state index contributed by atoms with van der Waals surface area (Å²) < 4.78 is 10.7. The predicted octanol–water partition coefficient (Wildman–Crippen LogP) is 3.18. The second-order valence-electron chi connectivity index (χ2n) is 6.39. The van der Waals surface area contributed by atoms with Crippen LogP contribution in [0.1, 0.15) is 28.7 Å². The number of aryl methyl sites for hydroxylation is 2. The van der Waals surface area contributed by atoms with Crippen molar-refractivity contribution in [3.05, 3.63) is 59.0 Å². The molecule has 0 atom stereocenters. The average molecular weight is 336 g/mol. The SMILES string of the molecule is COc1ccc(CNC(=O)Cc2coc3cc4c(cc23)CCC4)cn1. The fraction of sp³-hybridized carbons (Fsp3) is 0.300. The Morgan fingerprint density at radius 1 is 1.28 bits per heavy atom. The van der Waals surface area contributed by atoms with E-state index in [1.165, 1.54) is 17.5 Å². The summed E-state index contributed by atoms with van der Waals surface area (Å²) in [6, 6.07) is 7.99. The minimum absolute atomic E-state index is 0.0287. The quantitative estimate of drug-likeness (QED) is 0.777. The maximum atomic E-state index is 12.3. The van der Waals surface area contributed by atoms with Gasteiger partial charge in [0.2, 0.25) is 11.8 Å². The number of aromatic nitrogens is 1. The first-order valence-corrected chi connectivity index (χ1v) is 8.50. The molecule has 3 aromatic rings. The lowest BCUT2D eigenvalue weighted by Gasteiger charge is -2.06. The van der Waals surface area contributed by atoms with Crippen LogP contribution in [0.25, 0.3) is 11.0 Å². The average Bonchev–Trinajstić information content (AvgIpc) is 3.25. The van der Waals surface area contributed by atoms with E-state index >= 15 is 0 Å². The molecule has 1 N–H and O–H groups in total. The molecule has 2 heterocycles. The molecule has 1 aliphatic rings. The van der Waals surface area contributed by atoms with Crippen molar-refractivity contribution < 1.29 is 13.9 Å². The zero-order chi connectivity index (χ0) is 17.2. The second-order valence-corrected chi connectivity index (χ2v) is 6.39. The van der Waals surface area contributed by atoms with Crippen LogP contribution in [0.3, 0.4) is 0 Å². The number of ether oxygens (including phenoxy) is 1. The molecule has 0 fully saturated rings. The Kier molecular flexibility index (Phi) is 4.14. The molecule has 0 saturated carbocycles. The number of methoxy groups -OCH3 is 1. The van der Waals surface area contributed by atoms with E-state index in [1.807, 2.05) is 6.07 Å². The van der Waals surface area contributed by atoms with Gasteiger partial charge in [0, 0.05) is 29.8 Å². The van der Waals surface area contributed by atoms with Gasteiger partial charge in [-0.25, -0.2) is 4.98 Å². The number of nitrogens with one attached hydrogen (secondary N) is 1. The number of carbonyl (C=O) groups excluding carboxylic acids is 1. The van der Waals surface area contributed by atoms with Crippen LogP contribution >= 0.6 is 0 Å². The van der Waals surface area contributed by atoms with Gasteiger partial charge in [0.1, 0.15) is 5.58 Å². The first kappa shape index (κ1) is 15.7. The van der Waals surface area contributed by atoms with E-state index < -0.39 is 0 Å². The van der Waals surface area contributed by atoms with Gasteiger partial charge in [-0.15, -0.1) is 0 Å². The van der Waals surface area contributed by atoms with E-state index in [0.717, 1.165) is 34.9 Å². The maximum Gasteiger partial charge on any atom is 0.224 e. The van der Waals surface area contributed by atoms with E-state index in [1.54, 1.807) is 25.6 Å². The Balaban J connectivity index is 1.43. The van der Waals surface area contributed by atoms with Gasteiger partial charge in [0.15, 0.2) is 0 Å². The molecule has 0 aliphatic heterocycles. The largest absolute Gasteiger partial charge is 0.481 e. The van der Waals surface area contributed by atoms with Crippen molar-refractivity contribution in [1.29, 1.82) is 0 Å². The molecule has 5 heteroatoms. The van der Waals surface area contributed by atoms with E-state index in [9.17, 15) is 4.79 Å². The molecule has 2 aromatic heterocycles. The molecule has 0 spiro atoms. The first-order chi connectivity index (χ1) is 12.2. The number of amides is 1. The first-order valence-electron chi connectivity index (χ1n) is 8.50. The van der Waals surface area contributed by atoms with Crippen LogP contribution in [0.2, 0.25) is 0 Å². The van der Waals surface area contributed by atoms with Crippen molar-refractivity contribution in [3.8, 4) is 5.88 Å². The highest BCUT2D eigenvalue weighted by Gasteiger charge is 2.16. The number of rotatable bonds is 5. The molecule has 0 unspecified atom stereocenters. The van der Waals surface area contributed by atoms with Crippen LogP contribution < -0.4 is 10.1 Å².